The maximum Gasteiger partial charge on any atom is 0.273 e. The van der Waals surface area contributed by atoms with E-state index < -0.39 is 23.2 Å². The van der Waals surface area contributed by atoms with Crippen molar-refractivity contribution in [3.8, 4) is 17.2 Å². The first-order valence-corrected chi connectivity index (χ1v) is 11.8. The third kappa shape index (κ3) is 16.6. The van der Waals surface area contributed by atoms with Crippen LogP contribution in [0.15, 0.2) is 72.8 Å². The first-order chi connectivity index (χ1) is 18.2. The second kappa shape index (κ2) is 21.1. The fourth-order valence-corrected chi connectivity index (χ4v) is 2.21. The van der Waals surface area contributed by atoms with Crippen molar-refractivity contribution in [1.29, 1.82) is 0 Å². The Labute approximate surface area is 225 Å². The Kier molecular flexibility index (Phi) is 18.8. The third-order valence-corrected chi connectivity index (χ3v) is 3.99. The highest BCUT2D eigenvalue weighted by molar-refractivity contribution is 9.09. The van der Waals surface area contributed by atoms with E-state index in [4.69, 9.17) is 20.3 Å². The molecule has 0 amide bonds. The van der Waals surface area contributed by atoms with E-state index in [2.05, 4.69) is 15.9 Å². The Hall–Kier alpha value is -4.07. The molecule has 0 aromatic heterocycles. The molecule has 3 N–H and O–H groups in total. The fraction of sp³-hybridized carbons (Fsp3) is 0.250. The monoisotopic (exact) mass is 605 g/mol. The van der Waals surface area contributed by atoms with Crippen molar-refractivity contribution < 1.29 is 37.6 Å². The fourth-order valence-electron chi connectivity index (χ4n) is 2.21. The molecule has 0 aliphatic heterocycles. The predicted octanol–water partition coefficient (Wildman–Crippen LogP) is 6.21. The Morgan fingerprint density at radius 3 is 1.61 bits per heavy atom. The molecule has 3 rings (SSSR count). The summed E-state index contributed by atoms with van der Waals surface area (Å²) in [4.78, 5) is 19.3. The third-order valence-electron chi connectivity index (χ3n) is 3.69. The largest absolute Gasteiger partial charge is 0.508 e. The maximum absolute atomic E-state index is 11.7. The number of halogens is 4. The number of nitrogens with two attached hydrogens (primary N) is 1. The highest BCUT2D eigenvalue weighted by Gasteiger charge is 2.05. The summed E-state index contributed by atoms with van der Waals surface area (Å²) >= 11 is 2.87. The van der Waals surface area contributed by atoms with Crippen LogP contribution in [0.2, 0.25) is 0 Å². The van der Waals surface area contributed by atoms with E-state index in [-0.39, 0.29) is 37.0 Å². The van der Waals surface area contributed by atoms with Gasteiger partial charge in [0.1, 0.15) is 43.8 Å². The quantitative estimate of drug-likeness (QED) is 0.126. The number of aromatic hydroxyl groups is 1. The van der Waals surface area contributed by atoms with E-state index in [0.29, 0.717) is 22.5 Å². The zero-order chi connectivity index (χ0) is 28.8. The van der Waals surface area contributed by atoms with Gasteiger partial charge in [-0.3, -0.25) is 24.6 Å². The molecule has 0 heterocycles. The minimum atomic E-state index is -0.608. The van der Waals surface area contributed by atoms with Crippen LogP contribution in [-0.4, -0.2) is 53.5 Å². The van der Waals surface area contributed by atoms with Crippen molar-refractivity contribution in [2.24, 2.45) is 0 Å². The van der Waals surface area contributed by atoms with E-state index >= 15 is 0 Å². The van der Waals surface area contributed by atoms with Gasteiger partial charge in [0.2, 0.25) is 0 Å². The Bertz CT molecular complexity index is 1100. The summed E-state index contributed by atoms with van der Waals surface area (Å²) in [6.45, 7) is -1.35. The van der Waals surface area contributed by atoms with Crippen molar-refractivity contribution in [1.82, 2.24) is 0 Å². The molecule has 10 nitrogen and oxygen atoms in total. The summed E-state index contributed by atoms with van der Waals surface area (Å²) in [6.07, 6.45) is 0. The van der Waals surface area contributed by atoms with Crippen LogP contribution in [0.25, 0.3) is 0 Å². The van der Waals surface area contributed by atoms with Crippen LogP contribution in [0.3, 0.4) is 0 Å². The average molecular weight is 606 g/mol. The number of nitro benzene ring substituents is 2. The molecule has 0 saturated carbocycles. The SMILES string of the molecule is FCCBr.Nc1cccc(OCCF)c1.O=[N+]([O-])c1cccc(O)c1.O=[N+]([O-])c1cccc(OCCF)c1. The van der Waals surface area contributed by atoms with Gasteiger partial charge in [-0.1, -0.05) is 34.1 Å². The van der Waals surface area contributed by atoms with Crippen LogP contribution in [0.5, 0.6) is 17.2 Å². The zero-order valence-corrected chi connectivity index (χ0v) is 21.6. The number of non-ortho nitro benzene ring substituents is 2. The molecule has 0 fully saturated rings. The van der Waals surface area contributed by atoms with Crippen LogP contribution in [-0.2, 0) is 0 Å². The number of phenols is 1. The van der Waals surface area contributed by atoms with E-state index in [1.54, 1.807) is 30.3 Å². The van der Waals surface area contributed by atoms with Crippen molar-refractivity contribution in [2.75, 3.05) is 44.3 Å². The van der Waals surface area contributed by atoms with Gasteiger partial charge in [-0.25, -0.2) is 8.78 Å². The number of nitro groups is 2. The number of anilines is 1. The first kappa shape index (κ1) is 33.9. The molecular weight excluding hydrogens is 579 g/mol. The number of nitrogens with zero attached hydrogens (tertiary/aromatic N) is 2. The number of hydrogen-bond donors (Lipinski definition) is 2. The van der Waals surface area contributed by atoms with Crippen molar-refractivity contribution in [2.45, 2.75) is 0 Å². The van der Waals surface area contributed by atoms with E-state index in [1.807, 2.05) is 0 Å². The number of alkyl halides is 4. The first-order valence-electron chi connectivity index (χ1n) is 10.7. The van der Waals surface area contributed by atoms with Crippen molar-refractivity contribution in [3.05, 3.63) is 93.0 Å². The average Bonchev–Trinajstić information content (AvgIpc) is 2.92. The number of ether oxygens (including phenoxy) is 2. The summed E-state index contributed by atoms with van der Waals surface area (Å²) in [5.74, 6) is 0.837. The van der Waals surface area contributed by atoms with Crippen molar-refractivity contribution >= 4 is 33.0 Å². The molecule has 0 radical (unpaired) electrons. The normalized spacial score (nSPS) is 9.26. The lowest BCUT2D eigenvalue weighted by Gasteiger charge is -2.02. The summed E-state index contributed by atoms with van der Waals surface area (Å²) in [6, 6.07) is 17.8. The number of benzene rings is 3. The second-order valence-electron chi connectivity index (χ2n) is 6.56. The molecule has 0 spiro atoms. The highest BCUT2D eigenvalue weighted by atomic mass is 79.9. The van der Waals surface area contributed by atoms with Gasteiger partial charge >= 0.3 is 0 Å². The van der Waals surface area contributed by atoms with Gasteiger partial charge in [-0.2, -0.15) is 0 Å². The van der Waals surface area contributed by atoms with E-state index in [0.717, 1.165) is 6.07 Å². The Morgan fingerprint density at radius 1 is 0.763 bits per heavy atom. The lowest BCUT2D eigenvalue weighted by Crippen LogP contribution is -1.98. The van der Waals surface area contributed by atoms with Crippen molar-refractivity contribution in [3.63, 3.8) is 0 Å². The molecule has 0 aliphatic carbocycles. The molecular formula is C24H27BrF3N3O7. The zero-order valence-electron chi connectivity index (χ0n) is 20.1. The van der Waals surface area contributed by atoms with Crippen LogP contribution >= 0.6 is 15.9 Å². The topological polar surface area (TPSA) is 151 Å². The molecule has 0 aliphatic rings. The number of phenolic OH excluding ortho intramolecular Hbond substituents is 1. The van der Waals surface area contributed by atoms with Gasteiger partial charge in [-0.15, -0.1) is 0 Å². The number of nitrogen functional groups attached to an aromatic ring is 1. The van der Waals surface area contributed by atoms with Crippen LogP contribution in [0, 0.1) is 20.2 Å². The smallest absolute Gasteiger partial charge is 0.273 e. The summed E-state index contributed by atoms with van der Waals surface area (Å²) in [5.41, 5.74) is 5.93. The van der Waals surface area contributed by atoms with Gasteiger partial charge in [0, 0.05) is 29.2 Å². The molecule has 38 heavy (non-hydrogen) atoms. The molecule has 3 aromatic rings. The highest BCUT2D eigenvalue weighted by Crippen LogP contribution is 2.19. The van der Waals surface area contributed by atoms with Gasteiger partial charge in [0.25, 0.3) is 11.4 Å². The minimum absolute atomic E-state index is 0.0589. The molecule has 0 unspecified atom stereocenters. The van der Waals surface area contributed by atoms with Gasteiger partial charge in [-0.05, 0) is 24.3 Å². The molecule has 0 bridgehead atoms. The number of rotatable bonds is 9. The standard InChI is InChI=1S/C8H8FNO3.C8H10FNO.C6H5NO3.C2H4BrF/c9-4-5-13-8-3-1-2-7(6-8)10(11)12;9-4-5-11-8-3-1-2-7(10)6-8;8-6-3-1-2-5(4-6)7(9)10;3-1-2-4/h1-3,6H,4-5H2;1-3,6H,4-5,10H2;1-4,8H;1-2H2. The maximum atomic E-state index is 11.7. The Balaban J connectivity index is 0.000000508. The van der Waals surface area contributed by atoms with E-state index in [9.17, 15) is 33.4 Å². The summed E-state index contributed by atoms with van der Waals surface area (Å²) < 4.78 is 43.8. The molecule has 0 atom stereocenters. The summed E-state index contributed by atoms with van der Waals surface area (Å²) in [7, 11) is 0. The van der Waals surface area contributed by atoms with E-state index in [1.165, 1.54) is 36.4 Å². The van der Waals surface area contributed by atoms with Gasteiger partial charge < -0.3 is 20.3 Å². The van der Waals surface area contributed by atoms with Crippen LogP contribution in [0.4, 0.5) is 30.2 Å². The van der Waals surface area contributed by atoms with Gasteiger partial charge in [0.05, 0.1) is 28.7 Å². The predicted molar refractivity (Wildman–Crippen MR) is 141 cm³/mol. The second-order valence-corrected chi connectivity index (χ2v) is 7.35. The minimum Gasteiger partial charge on any atom is -0.508 e. The number of hydrogen-bond acceptors (Lipinski definition) is 8. The molecule has 208 valence electrons. The van der Waals surface area contributed by atoms with Crippen LogP contribution in [0.1, 0.15) is 0 Å². The lowest BCUT2D eigenvalue weighted by molar-refractivity contribution is -0.385. The molecule has 0 saturated heterocycles. The summed E-state index contributed by atoms with van der Waals surface area (Å²) in [5, 5.41) is 29.6. The lowest BCUT2D eigenvalue weighted by atomic mass is 10.3. The van der Waals surface area contributed by atoms with Gasteiger partial charge in [0.15, 0.2) is 0 Å². The Morgan fingerprint density at radius 2 is 1.21 bits per heavy atom. The molecule has 14 heteroatoms. The molecule has 3 aromatic carbocycles. The van der Waals surface area contributed by atoms with Crippen LogP contribution < -0.4 is 15.2 Å².